The summed E-state index contributed by atoms with van der Waals surface area (Å²) in [5.41, 5.74) is 0.666. The molecule has 1 aromatic rings. The highest BCUT2D eigenvalue weighted by Gasteiger charge is 2.12. The van der Waals surface area contributed by atoms with Crippen LogP contribution < -0.4 is 15.4 Å². The number of halogens is 1. The van der Waals surface area contributed by atoms with Gasteiger partial charge in [0.25, 0.3) is 0 Å². The fourth-order valence-corrected chi connectivity index (χ4v) is 1.36. The summed E-state index contributed by atoms with van der Waals surface area (Å²) in [6, 6.07) is 2.64. The molecule has 0 saturated carbocycles. The molecule has 0 fully saturated rings. The summed E-state index contributed by atoms with van der Waals surface area (Å²) in [6.45, 7) is 0.295. The third-order valence-corrected chi connectivity index (χ3v) is 2.01. The van der Waals surface area contributed by atoms with E-state index in [0.29, 0.717) is 30.1 Å². The third kappa shape index (κ3) is 2.81. The minimum Gasteiger partial charge on any atom is -0.493 e. The summed E-state index contributed by atoms with van der Waals surface area (Å²) in [6.07, 6.45) is 0.466. The Hall–Kier alpha value is -1.33. The zero-order valence-electron chi connectivity index (χ0n) is 8.75. The SMILES string of the molecule is COc1cc(F)cc(CCON)c1OC. The Balaban J connectivity index is 3.05. The fourth-order valence-electron chi connectivity index (χ4n) is 1.36. The summed E-state index contributed by atoms with van der Waals surface area (Å²) < 4.78 is 23.3. The molecule has 5 heteroatoms. The highest BCUT2D eigenvalue weighted by Crippen LogP contribution is 2.32. The van der Waals surface area contributed by atoms with Gasteiger partial charge in [0.05, 0.1) is 20.8 Å². The maximum Gasteiger partial charge on any atom is 0.164 e. The van der Waals surface area contributed by atoms with Gasteiger partial charge in [-0.05, 0) is 6.07 Å². The second-order valence-electron chi connectivity index (χ2n) is 2.92. The van der Waals surface area contributed by atoms with E-state index in [-0.39, 0.29) is 5.82 Å². The van der Waals surface area contributed by atoms with Gasteiger partial charge in [0.15, 0.2) is 11.5 Å². The molecule has 0 amide bonds. The van der Waals surface area contributed by atoms with Crippen LogP contribution in [0.2, 0.25) is 0 Å². The Labute approximate surface area is 87.7 Å². The quantitative estimate of drug-likeness (QED) is 0.752. The summed E-state index contributed by atoms with van der Waals surface area (Å²) in [5.74, 6) is 5.41. The standard InChI is InChI=1S/C10H14FNO3/c1-13-9-6-8(11)5-7(3-4-15-12)10(9)14-2/h5-6H,3-4,12H2,1-2H3. The predicted octanol–water partition coefficient (Wildman–Crippen LogP) is 1.28. The van der Waals surface area contributed by atoms with Gasteiger partial charge in [0, 0.05) is 18.1 Å². The van der Waals surface area contributed by atoms with Crippen LogP contribution in [-0.2, 0) is 11.3 Å². The Morgan fingerprint density at radius 1 is 1.27 bits per heavy atom. The molecule has 0 radical (unpaired) electrons. The molecule has 0 spiro atoms. The molecule has 0 aliphatic heterocycles. The van der Waals surface area contributed by atoms with Gasteiger partial charge in [0.2, 0.25) is 0 Å². The lowest BCUT2D eigenvalue weighted by atomic mass is 10.1. The molecule has 4 nitrogen and oxygen atoms in total. The number of hydrogen-bond acceptors (Lipinski definition) is 4. The Kier molecular flexibility index (Phi) is 4.33. The van der Waals surface area contributed by atoms with Crippen molar-refractivity contribution in [3.63, 3.8) is 0 Å². The fraction of sp³-hybridized carbons (Fsp3) is 0.400. The van der Waals surface area contributed by atoms with Gasteiger partial charge in [-0.3, -0.25) is 0 Å². The van der Waals surface area contributed by atoms with Gasteiger partial charge < -0.3 is 14.3 Å². The molecular weight excluding hydrogens is 201 g/mol. The van der Waals surface area contributed by atoms with Crippen LogP contribution in [-0.4, -0.2) is 20.8 Å². The predicted molar refractivity (Wildman–Crippen MR) is 53.3 cm³/mol. The van der Waals surface area contributed by atoms with E-state index in [4.69, 9.17) is 15.4 Å². The molecule has 15 heavy (non-hydrogen) atoms. The zero-order chi connectivity index (χ0) is 11.3. The van der Waals surface area contributed by atoms with Crippen molar-refractivity contribution in [1.82, 2.24) is 0 Å². The molecule has 2 N–H and O–H groups in total. The number of hydrogen-bond donors (Lipinski definition) is 1. The van der Waals surface area contributed by atoms with Crippen LogP contribution in [0.15, 0.2) is 12.1 Å². The Bertz CT molecular complexity index is 331. The van der Waals surface area contributed by atoms with E-state index in [2.05, 4.69) is 4.84 Å². The second kappa shape index (κ2) is 5.53. The first-order chi connectivity index (χ1) is 7.22. The molecule has 0 bridgehead atoms. The lowest BCUT2D eigenvalue weighted by Crippen LogP contribution is -2.06. The average Bonchev–Trinajstić information content (AvgIpc) is 2.25. The first kappa shape index (κ1) is 11.7. The maximum absolute atomic E-state index is 13.2. The van der Waals surface area contributed by atoms with E-state index in [0.717, 1.165) is 0 Å². The van der Waals surface area contributed by atoms with Crippen LogP contribution >= 0.6 is 0 Å². The molecule has 1 rings (SSSR count). The van der Waals surface area contributed by atoms with Crippen LogP contribution in [0.5, 0.6) is 11.5 Å². The molecule has 0 aromatic heterocycles. The second-order valence-corrected chi connectivity index (χ2v) is 2.92. The summed E-state index contributed by atoms with van der Waals surface area (Å²) in [7, 11) is 2.96. The average molecular weight is 215 g/mol. The molecule has 1 aromatic carbocycles. The van der Waals surface area contributed by atoms with Crippen LogP contribution in [0.1, 0.15) is 5.56 Å². The first-order valence-corrected chi connectivity index (χ1v) is 4.45. The van der Waals surface area contributed by atoms with Crippen molar-refractivity contribution in [2.24, 2.45) is 5.90 Å². The number of rotatable bonds is 5. The van der Waals surface area contributed by atoms with Crippen molar-refractivity contribution in [1.29, 1.82) is 0 Å². The maximum atomic E-state index is 13.2. The minimum atomic E-state index is -0.375. The van der Waals surface area contributed by atoms with Crippen molar-refractivity contribution in [3.8, 4) is 11.5 Å². The van der Waals surface area contributed by atoms with Gasteiger partial charge >= 0.3 is 0 Å². The summed E-state index contributed by atoms with van der Waals surface area (Å²) in [4.78, 5) is 4.44. The lowest BCUT2D eigenvalue weighted by molar-refractivity contribution is 0.140. The Morgan fingerprint density at radius 3 is 2.53 bits per heavy atom. The molecule has 84 valence electrons. The minimum absolute atomic E-state index is 0.295. The first-order valence-electron chi connectivity index (χ1n) is 4.45. The molecule has 0 heterocycles. The van der Waals surface area contributed by atoms with Crippen molar-refractivity contribution < 1.29 is 18.7 Å². The monoisotopic (exact) mass is 215 g/mol. The van der Waals surface area contributed by atoms with Gasteiger partial charge in [0.1, 0.15) is 5.82 Å². The van der Waals surface area contributed by atoms with E-state index in [1.54, 1.807) is 0 Å². The van der Waals surface area contributed by atoms with E-state index in [9.17, 15) is 4.39 Å². The Morgan fingerprint density at radius 2 is 2.00 bits per heavy atom. The summed E-state index contributed by atoms with van der Waals surface area (Å²) >= 11 is 0. The highest BCUT2D eigenvalue weighted by atomic mass is 19.1. The van der Waals surface area contributed by atoms with Gasteiger partial charge in [-0.1, -0.05) is 0 Å². The lowest BCUT2D eigenvalue weighted by Gasteiger charge is -2.12. The largest absolute Gasteiger partial charge is 0.493 e. The van der Waals surface area contributed by atoms with Crippen molar-refractivity contribution in [2.75, 3.05) is 20.8 Å². The van der Waals surface area contributed by atoms with E-state index >= 15 is 0 Å². The van der Waals surface area contributed by atoms with E-state index in [1.807, 2.05) is 0 Å². The third-order valence-electron chi connectivity index (χ3n) is 2.01. The molecule has 0 aliphatic carbocycles. The van der Waals surface area contributed by atoms with Crippen molar-refractivity contribution in [3.05, 3.63) is 23.5 Å². The zero-order valence-corrected chi connectivity index (χ0v) is 8.75. The molecular formula is C10H14FNO3. The normalized spacial score (nSPS) is 10.1. The number of ether oxygens (including phenoxy) is 2. The number of methoxy groups -OCH3 is 2. The molecule has 0 aliphatic rings. The smallest absolute Gasteiger partial charge is 0.164 e. The molecule has 0 saturated heterocycles. The molecule has 0 atom stereocenters. The topological polar surface area (TPSA) is 53.7 Å². The van der Waals surface area contributed by atoms with E-state index < -0.39 is 0 Å². The van der Waals surface area contributed by atoms with Crippen LogP contribution in [0.3, 0.4) is 0 Å². The number of benzene rings is 1. The van der Waals surface area contributed by atoms with Crippen molar-refractivity contribution in [2.45, 2.75) is 6.42 Å². The van der Waals surface area contributed by atoms with E-state index in [1.165, 1.54) is 26.4 Å². The molecule has 0 unspecified atom stereocenters. The van der Waals surface area contributed by atoms with Gasteiger partial charge in [-0.15, -0.1) is 0 Å². The van der Waals surface area contributed by atoms with Crippen molar-refractivity contribution >= 4 is 0 Å². The number of nitrogens with two attached hydrogens (primary N) is 1. The highest BCUT2D eigenvalue weighted by molar-refractivity contribution is 5.47. The van der Waals surface area contributed by atoms with Crippen LogP contribution in [0.25, 0.3) is 0 Å². The van der Waals surface area contributed by atoms with Crippen LogP contribution in [0.4, 0.5) is 4.39 Å². The van der Waals surface area contributed by atoms with Gasteiger partial charge in [-0.25, -0.2) is 10.3 Å². The summed E-state index contributed by atoms with van der Waals surface area (Å²) in [5, 5.41) is 0. The van der Waals surface area contributed by atoms with Gasteiger partial charge in [-0.2, -0.15) is 0 Å². The van der Waals surface area contributed by atoms with Crippen LogP contribution in [0, 0.1) is 5.82 Å².